The summed E-state index contributed by atoms with van der Waals surface area (Å²) in [6.45, 7) is 3.06. The fourth-order valence-electron chi connectivity index (χ4n) is 2.95. The molecular weight excluding hydrogens is 342 g/mol. The second kappa shape index (κ2) is 7.25. The lowest BCUT2D eigenvalue weighted by atomic mass is 10.0. The minimum Gasteiger partial charge on any atom is -0.478 e. The van der Waals surface area contributed by atoms with Gasteiger partial charge in [0.15, 0.2) is 0 Å². The molecule has 2 aromatic carbocycles. The van der Waals surface area contributed by atoms with Crippen molar-refractivity contribution in [2.75, 3.05) is 19.7 Å². The van der Waals surface area contributed by atoms with Gasteiger partial charge >= 0.3 is 5.97 Å². The first-order valence-electron chi connectivity index (χ1n) is 7.95. The summed E-state index contributed by atoms with van der Waals surface area (Å²) in [6, 6.07) is 12.1. The zero-order chi connectivity index (χ0) is 18.0. The summed E-state index contributed by atoms with van der Waals surface area (Å²) in [6.07, 6.45) is -0.250. The Morgan fingerprint density at radius 3 is 2.68 bits per heavy atom. The highest BCUT2D eigenvalue weighted by atomic mass is 35.5. The smallest absolute Gasteiger partial charge is 0.335 e. The number of benzene rings is 2. The maximum atomic E-state index is 12.8. The van der Waals surface area contributed by atoms with Gasteiger partial charge in [-0.1, -0.05) is 23.7 Å². The normalized spacial score (nSPS) is 17.4. The van der Waals surface area contributed by atoms with Crippen molar-refractivity contribution in [3.63, 3.8) is 0 Å². The average molecular weight is 360 g/mol. The van der Waals surface area contributed by atoms with E-state index < -0.39 is 5.97 Å². The highest BCUT2D eigenvalue weighted by molar-refractivity contribution is 6.30. The van der Waals surface area contributed by atoms with Crippen molar-refractivity contribution in [2.45, 2.75) is 13.0 Å². The highest BCUT2D eigenvalue weighted by Crippen LogP contribution is 2.25. The molecule has 1 heterocycles. The van der Waals surface area contributed by atoms with Gasteiger partial charge in [-0.25, -0.2) is 4.79 Å². The number of carbonyl (C=O) groups is 2. The van der Waals surface area contributed by atoms with Gasteiger partial charge < -0.3 is 14.7 Å². The number of ether oxygens (including phenoxy) is 1. The van der Waals surface area contributed by atoms with Crippen LogP contribution in [0.3, 0.4) is 0 Å². The molecule has 25 heavy (non-hydrogen) atoms. The van der Waals surface area contributed by atoms with Gasteiger partial charge in [0.2, 0.25) is 0 Å². The number of carboxylic acid groups (broad SMARTS) is 1. The summed E-state index contributed by atoms with van der Waals surface area (Å²) in [5.41, 5.74) is 2.15. The number of rotatable bonds is 3. The maximum Gasteiger partial charge on any atom is 0.335 e. The molecule has 1 fully saturated rings. The number of carbonyl (C=O) groups excluding carboxylic acids is 1. The fourth-order valence-corrected chi connectivity index (χ4v) is 3.15. The van der Waals surface area contributed by atoms with Crippen molar-refractivity contribution in [3.05, 3.63) is 69.7 Å². The molecule has 3 rings (SSSR count). The van der Waals surface area contributed by atoms with Crippen molar-refractivity contribution < 1.29 is 19.4 Å². The zero-order valence-electron chi connectivity index (χ0n) is 13.7. The van der Waals surface area contributed by atoms with E-state index in [4.69, 9.17) is 16.3 Å². The minimum absolute atomic E-state index is 0.114. The third-order valence-corrected chi connectivity index (χ3v) is 4.38. The van der Waals surface area contributed by atoms with Crippen molar-refractivity contribution in [3.8, 4) is 0 Å². The Morgan fingerprint density at radius 1 is 1.20 bits per heavy atom. The molecule has 1 saturated heterocycles. The summed E-state index contributed by atoms with van der Waals surface area (Å²) in [4.78, 5) is 25.7. The average Bonchev–Trinajstić information content (AvgIpc) is 2.60. The fraction of sp³-hybridized carbons (Fsp3) is 0.263. The molecule has 0 saturated carbocycles. The quantitative estimate of drug-likeness (QED) is 0.909. The molecule has 0 aromatic heterocycles. The second-order valence-corrected chi connectivity index (χ2v) is 6.49. The Hall–Kier alpha value is -2.37. The number of amides is 1. The summed E-state index contributed by atoms with van der Waals surface area (Å²) >= 11 is 6.03. The number of hydrogen-bond donors (Lipinski definition) is 1. The van der Waals surface area contributed by atoms with Crippen LogP contribution >= 0.6 is 11.6 Å². The number of aromatic carboxylic acids is 1. The monoisotopic (exact) mass is 359 g/mol. The van der Waals surface area contributed by atoms with Gasteiger partial charge in [0.05, 0.1) is 18.7 Å². The minimum atomic E-state index is -1.04. The largest absolute Gasteiger partial charge is 0.478 e. The van der Waals surface area contributed by atoms with E-state index in [2.05, 4.69) is 0 Å². The number of halogens is 1. The molecule has 1 aliphatic rings. The topological polar surface area (TPSA) is 66.8 Å². The van der Waals surface area contributed by atoms with Crippen molar-refractivity contribution in [1.82, 2.24) is 4.90 Å². The molecule has 0 bridgehead atoms. The molecule has 5 nitrogen and oxygen atoms in total. The third kappa shape index (κ3) is 4.00. The van der Waals surface area contributed by atoms with Crippen LogP contribution in [0.2, 0.25) is 5.02 Å². The van der Waals surface area contributed by atoms with E-state index in [1.54, 1.807) is 30.0 Å². The number of hydrogen-bond acceptors (Lipinski definition) is 3. The molecule has 1 amide bonds. The van der Waals surface area contributed by atoms with E-state index >= 15 is 0 Å². The Bertz CT molecular complexity index is 821. The van der Waals surface area contributed by atoms with Crippen LogP contribution in [0.25, 0.3) is 0 Å². The summed E-state index contributed by atoms with van der Waals surface area (Å²) in [5, 5.41) is 9.80. The van der Waals surface area contributed by atoms with E-state index in [0.29, 0.717) is 30.3 Å². The maximum absolute atomic E-state index is 12.8. The van der Waals surface area contributed by atoms with E-state index in [1.807, 2.05) is 18.2 Å². The Kier molecular flexibility index (Phi) is 5.06. The van der Waals surface area contributed by atoms with Gasteiger partial charge in [-0.15, -0.1) is 0 Å². The third-order valence-electron chi connectivity index (χ3n) is 4.15. The van der Waals surface area contributed by atoms with Gasteiger partial charge in [0.25, 0.3) is 5.91 Å². The van der Waals surface area contributed by atoms with Crippen LogP contribution in [0.5, 0.6) is 0 Å². The first-order valence-corrected chi connectivity index (χ1v) is 8.33. The molecule has 1 N–H and O–H groups in total. The number of morpholine rings is 1. The number of aryl methyl sites for hydroxylation is 1. The van der Waals surface area contributed by atoms with Crippen molar-refractivity contribution in [1.29, 1.82) is 0 Å². The second-order valence-electron chi connectivity index (χ2n) is 6.06. The number of nitrogens with zero attached hydrogens (tertiary/aromatic N) is 1. The lowest BCUT2D eigenvalue weighted by molar-refractivity contribution is -0.0228. The van der Waals surface area contributed by atoms with E-state index in [-0.39, 0.29) is 17.6 Å². The van der Waals surface area contributed by atoms with Crippen LogP contribution < -0.4 is 0 Å². The van der Waals surface area contributed by atoms with Crippen LogP contribution in [0.4, 0.5) is 0 Å². The predicted octanol–water partition coefficient (Wildman–Crippen LogP) is 3.56. The molecule has 6 heteroatoms. The van der Waals surface area contributed by atoms with Gasteiger partial charge in [-0.3, -0.25) is 4.79 Å². The zero-order valence-corrected chi connectivity index (χ0v) is 14.5. The predicted molar refractivity (Wildman–Crippen MR) is 94.2 cm³/mol. The lowest BCUT2D eigenvalue weighted by Gasteiger charge is -2.33. The molecule has 1 unspecified atom stereocenters. The molecule has 1 aliphatic heterocycles. The summed E-state index contributed by atoms with van der Waals surface area (Å²) < 4.78 is 5.77. The molecular formula is C19H18ClNO4. The summed E-state index contributed by atoms with van der Waals surface area (Å²) in [7, 11) is 0. The van der Waals surface area contributed by atoms with Crippen LogP contribution in [0.15, 0.2) is 42.5 Å². The van der Waals surface area contributed by atoms with Gasteiger partial charge in [0.1, 0.15) is 6.10 Å². The SMILES string of the molecule is Cc1cc(C(=O)O)cc(C(=O)N2CCOC(c3cccc(Cl)c3)C2)c1. The Balaban J connectivity index is 1.82. The molecule has 1 atom stereocenters. The Labute approximate surface area is 150 Å². The first kappa shape index (κ1) is 17.5. The van der Waals surface area contributed by atoms with Crippen LogP contribution in [0, 0.1) is 6.92 Å². The standard InChI is InChI=1S/C19H18ClNO4/c1-12-7-14(9-15(8-12)19(23)24)18(22)21-5-6-25-17(11-21)13-3-2-4-16(20)10-13/h2-4,7-10,17H,5-6,11H2,1H3,(H,23,24). The lowest BCUT2D eigenvalue weighted by Crippen LogP contribution is -2.42. The number of carboxylic acids is 1. The molecule has 2 aromatic rings. The van der Waals surface area contributed by atoms with E-state index in [9.17, 15) is 14.7 Å². The molecule has 0 aliphatic carbocycles. The van der Waals surface area contributed by atoms with Crippen molar-refractivity contribution in [2.24, 2.45) is 0 Å². The van der Waals surface area contributed by atoms with Crippen LogP contribution in [-0.2, 0) is 4.74 Å². The first-order chi connectivity index (χ1) is 11.9. The van der Waals surface area contributed by atoms with Crippen LogP contribution in [0.1, 0.15) is 37.9 Å². The summed E-state index contributed by atoms with van der Waals surface area (Å²) in [5.74, 6) is -1.24. The molecule has 0 radical (unpaired) electrons. The van der Waals surface area contributed by atoms with Crippen molar-refractivity contribution >= 4 is 23.5 Å². The Morgan fingerprint density at radius 2 is 1.96 bits per heavy atom. The highest BCUT2D eigenvalue weighted by Gasteiger charge is 2.26. The van der Waals surface area contributed by atoms with E-state index in [0.717, 1.165) is 11.1 Å². The van der Waals surface area contributed by atoms with Gasteiger partial charge in [-0.05, 0) is 48.4 Å². The van der Waals surface area contributed by atoms with Gasteiger partial charge in [-0.2, -0.15) is 0 Å². The van der Waals surface area contributed by atoms with Crippen LogP contribution in [-0.4, -0.2) is 41.6 Å². The molecule has 130 valence electrons. The molecule has 0 spiro atoms. The van der Waals surface area contributed by atoms with E-state index in [1.165, 1.54) is 6.07 Å². The van der Waals surface area contributed by atoms with Gasteiger partial charge in [0, 0.05) is 17.1 Å².